The highest BCUT2D eigenvalue weighted by Gasteiger charge is 2.37. The van der Waals surface area contributed by atoms with E-state index < -0.39 is 33.3 Å². The number of aliphatic carboxylic acids is 1. The zero-order chi connectivity index (χ0) is 32.0. The SMILES string of the molecule is Cc1cc(C)c(S(=O)(=O)N(Cc2ccc(-c3cccc(C(C)(C)C(=O)O)c3)cc2)Cc2ccc(C(F)(F)F)o2)c2c1CCC2. The minimum Gasteiger partial charge on any atom is -0.481 e. The largest absolute Gasteiger partial charge is 0.481 e. The predicted octanol–water partition coefficient (Wildman–Crippen LogP) is 7.82. The molecule has 1 aromatic heterocycles. The number of carboxylic acid groups (broad SMARTS) is 1. The summed E-state index contributed by atoms with van der Waals surface area (Å²) in [6.45, 7) is 6.50. The zero-order valence-electron chi connectivity index (χ0n) is 25.0. The van der Waals surface area contributed by atoms with Crippen molar-refractivity contribution in [3.05, 3.63) is 112 Å². The minimum absolute atomic E-state index is 0.0984. The maximum Gasteiger partial charge on any atom is 0.449 e. The van der Waals surface area contributed by atoms with Crippen LogP contribution in [0.25, 0.3) is 11.1 Å². The molecule has 0 atom stereocenters. The summed E-state index contributed by atoms with van der Waals surface area (Å²) in [5.74, 6) is -2.24. The molecule has 4 aromatic rings. The van der Waals surface area contributed by atoms with Crippen molar-refractivity contribution in [1.82, 2.24) is 4.31 Å². The second-order valence-electron chi connectivity index (χ2n) is 11.9. The first-order valence-corrected chi connectivity index (χ1v) is 15.7. The molecule has 0 saturated heterocycles. The maximum absolute atomic E-state index is 14.3. The number of furan rings is 1. The summed E-state index contributed by atoms with van der Waals surface area (Å²) in [4.78, 5) is 12.0. The summed E-state index contributed by atoms with van der Waals surface area (Å²) in [6.07, 6.45) is -2.46. The first-order chi connectivity index (χ1) is 20.6. The predicted molar refractivity (Wildman–Crippen MR) is 161 cm³/mol. The number of nitrogens with zero attached hydrogens (tertiary/aromatic N) is 1. The average molecular weight is 626 g/mol. The van der Waals surface area contributed by atoms with Crippen molar-refractivity contribution < 1.29 is 35.9 Å². The third-order valence-corrected chi connectivity index (χ3v) is 10.4. The molecule has 44 heavy (non-hydrogen) atoms. The fourth-order valence-electron chi connectivity index (χ4n) is 5.87. The van der Waals surface area contributed by atoms with Crippen LogP contribution in [0.15, 0.2) is 76.0 Å². The molecular weight excluding hydrogens is 591 g/mol. The Balaban J connectivity index is 1.51. The number of aryl methyl sites for hydroxylation is 2. The van der Waals surface area contributed by atoms with E-state index in [-0.39, 0.29) is 23.7 Å². The van der Waals surface area contributed by atoms with E-state index in [0.29, 0.717) is 23.1 Å². The molecule has 3 aromatic carbocycles. The van der Waals surface area contributed by atoms with Crippen LogP contribution in [0.2, 0.25) is 0 Å². The molecule has 0 unspecified atom stereocenters. The second-order valence-corrected chi connectivity index (χ2v) is 13.8. The van der Waals surface area contributed by atoms with Crippen molar-refractivity contribution in [2.45, 2.75) is 76.5 Å². The molecule has 1 heterocycles. The highest BCUT2D eigenvalue weighted by molar-refractivity contribution is 7.89. The van der Waals surface area contributed by atoms with E-state index in [1.165, 1.54) is 4.31 Å². The zero-order valence-corrected chi connectivity index (χ0v) is 25.8. The lowest BCUT2D eigenvalue weighted by atomic mass is 9.83. The van der Waals surface area contributed by atoms with Crippen molar-refractivity contribution in [2.75, 3.05) is 0 Å². The number of rotatable bonds is 9. The van der Waals surface area contributed by atoms with Crippen LogP contribution in [0.3, 0.4) is 0 Å². The van der Waals surface area contributed by atoms with Crippen molar-refractivity contribution in [3.8, 4) is 11.1 Å². The van der Waals surface area contributed by atoms with Crippen LogP contribution in [0, 0.1) is 13.8 Å². The van der Waals surface area contributed by atoms with Crippen LogP contribution in [0.4, 0.5) is 13.2 Å². The van der Waals surface area contributed by atoms with Gasteiger partial charge in [-0.15, -0.1) is 0 Å². The minimum atomic E-state index is -4.69. The number of fused-ring (bicyclic) bond motifs is 1. The highest BCUT2D eigenvalue weighted by Crippen LogP contribution is 2.37. The topological polar surface area (TPSA) is 87.8 Å². The lowest BCUT2D eigenvalue weighted by Crippen LogP contribution is -2.31. The fourth-order valence-corrected chi connectivity index (χ4v) is 7.74. The number of carbonyl (C=O) groups is 1. The Kier molecular flexibility index (Phi) is 8.28. The van der Waals surface area contributed by atoms with Gasteiger partial charge in [0.25, 0.3) is 0 Å². The Labute approximate surface area is 255 Å². The first kappa shape index (κ1) is 31.5. The standard InChI is InChI=1S/C34H34F3NO5S/c1-21-17-22(2)31(29-10-6-9-28(21)29)44(41,42)38(20-27-15-16-30(43-27)34(35,36)37)19-23-11-13-24(14-12-23)25-7-5-8-26(18-25)33(3,4)32(39)40/h5,7-8,11-18H,6,9-10,19-20H2,1-4H3,(H,39,40). The molecule has 0 amide bonds. The van der Waals surface area contributed by atoms with E-state index in [1.54, 1.807) is 45.0 Å². The number of sulfonamides is 1. The summed E-state index contributed by atoms with van der Waals surface area (Å²) in [5, 5.41) is 9.64. The number of alkyl halides is 3. The summed E-state index contributed by atoms with van der Waals surface area (Å²) in [7, 11) is -4.15. The van der Waals surface area contributed by atoms with E-state index in [1.807, 2.05) is 37.3 Å². The lowest BCUT2D eigenvalue weighted by Gasteiger charge is -2.25. The number of hydrogen-bond acceptors (Lipinski definition) is 4. The third-order valence-electron chi connectivity index (χ3n) is 8.40. The van der Waals surface area contributed by atoms with Gasteiger partial charge in [0, 0.05) is 6.54 Å². The van der Waals surface area contributed by atoms with Crippen molar-refractivity contribution in [3.63, 3.8) is 0 Å². The Morgan fingerprint density at radius 1 is 0.886 bits per heavy atom. The van der Waals surface area contributed by atoms with Gasteiger partial charge in [0.15, 0.2) is 0 Å². The van der Waals surface area contributed by atoms with Gasteiger partial charge in [-0.3, -0.25) is 4.79 Å². The molecule has 1 N–H and O–H groups in total. The second kappa shape index (κ2) is 11.6. The van der Waals surface area contributed by atoms with Crippen LogP contribution in [-0.2, 0) is 52.3 Å². The van der Waals surface area contributed by atoms with Crippen LogP contribution in [0.1, 0.15) is 65.2 Å². The molecule has 5 rings (SSSR count). The lowest BCUT2D eigenvalue weighted by molar-refractivity contribution is -0.153. The van der Waals surface area contributed by atoms with E-state index in [0.717, 1.165) is 52.8 Å². The van der Waals surface area contributed by atoms with Gasteiger partial charge in [0.2, 0.25) is 15.8 Å². The molecule has 1 aliphatic rings. The van der Waals surface area contributed by atoms with E-state index in [2.05, 4.69) is 0 Å². The molecule has 0 bridgehead atoms. The highest BCUT2D eigenvalue weighted by atomic mass is 32.2. The third kappa shape index (κ3) is 6.05. The van der Waals surface area contributed by atoms with Gasteiger partial charge in [0.05, 0.1) is 16.9 Å². The number of halogens is 3. The molecule has 0 aliphatic heterocycles. The van der Waals surface area contributed by atoms with Gasteiger partial charge in [-0.05, 0) is 104 Å². The van der Waals surface area contributed by atoms with Gasteiger partial charge in [-0.25, -0.2) is 8.42 Å². The van der Waals surface area contributed by atoms with Crippen molar-refractivity contribution in [1.29, 1.82) is 0 Å². The van der Waals surface area contributed by atoms with Crippen molar-refractivity contribution in [2.24, 2.45) is 0 Å². The number of carboxylic acids is 1. The van der Waals surface area contributed by atoms with Crippen LogP contribution in [-0.4, -0.2) is 23.8 Å². The smallest absolute Gasteiger partial charge is 0.449 e. The molecule has 0 saturated carbocycles. The molecular formula is C34H34F3NO5S. The quantitative estimate of drug-likeness (QED) is 0.205. The molecule has 0 radical (unpaired) electrons. The Morgan fingerprint density at radius 3 is 2.20 bits per heavy atom. The van der Waals surface area contributed by atoms with Gasteiger partial charge in [0.1, 0.15) is 5.76 Å². The Bertz CT molecular complexity index is 1820. The summed E-state index contributed by atoms with van der Waals surface area (Å²) < 4.78 is 74.7. The molecule has 0 fully saturated rings. The molecule has 6 nitrogen and oxygen atoms in total. The van der Waals surface area contributed by atoms with E-state index in [9.17, 15) is 31.5 Å². The van der Waals surface area contributed by atoms with Crippen molar-refractivity contribution >= 4 is 16.0 Å². The number of benzene rings is 3. The van der Waals surface area contributed by atoms with Gasteiger partial charge in [-0.2, -0.15) is 17.5 Å². The maximum atomic E-state index is 14.3. The molecule has 232 valence electrons. The van der Waals surface area contributed by atoms with E-state index >= 15 is 0 Å². The van der Waals surface area contributed by atoms with Gasteiger partial charge >= 0.3 is 12.1 Å². The molecule has 1 aliphatic carbocycles. The van der Waals surface area contributed by atoms with Crippen LogP contribution in [0.5, 0.6) is 0 Å². The molecule has 10 heteroatoms. The van der Waals surface area contributed by atoms with Gasteiger partial charge < -0.3 is 9.52 Å². The van der Waals surface area contributed by atoms with E-state index in [4.69, 9.17) is 4.42 Å². The van der Waals surface area contributed by atoms with Crippen LogP contribution >= 0.6 is 0 Å². The fraction of sp³-hybridized carbons (Fsp3) is 0.324. The normalized spacial score (nSPS) is 13.8. The van der Waals surface area contributed by atoms with Crippen LogP contribution < -0.4 is 0 Å². The first-order valence-electron chi connectivity index (χ1n) is 14.3. The number of hydrogen-bond donors (Lipinski definition) is 1. The Morgan fingerprint density at radius 2 is 1.57 bits per heavy atom. The summed E-state index contributed by atoms with van der Waals surface area (Å²) >= 11 is 0. The molecule has 0 spiro atoms. The summed E-state index contributed by atoms with van der Waals surface area (Å²) in [6, 6.07) is 18.2. The average Bonchev–Trinajstić information content (AvgIpc) is 3.63. The van der Waals surface area contributed by atoms with Gasteiger partial charge in [-0.1, -0.05) is 54.6 Å². The monoisotopic (exact) mass is 625 g/mol. The summed E-state index contributed by atoms with van der Waals surface area (Å²) in [5.41, 5.74) is 5.22. The Hall–Kier alpha value is -3.89.